The fourth-order valence-corrected chi connectivity index (χ4v) is 9.86. The molecule has 1 aromatic heterocycles. The lowest BCUT2D eigenvalue weighted by atomic mass is 9.66. The summed E-state index contributed by atoms with van der Waals surface area (Å²) in [6, 6.07) is 75.7. The van der Waals surface area contributed by atoms with Gasteiger partial charge in [-0.2, -0.15) is 0 Å². The number of aromatic nitrogens is 1. The van der Waals surface area contributed by atoms with Crippen LogP contribution >= 0.6 is 0 Å². The van der Waals surface area contributed by atoms with Gasteiger partial charge < -0.3 is 9.47 Å². The second-order valence-corrected chi connectivity index (χ2v) is 15.8. The Bertz CT molecular complexity index is 2970. The Hall–Kier alpha value is -7.16. The Morgan fingerprint density at radius 3 is 1.78 bits per heavy atom. The first-order valence-corrected chi connectivity index (χ1v) is 20.4. The van der Waals surface area contributed by atoms with E-state index in [-0.39, 0.29) is 0 Å². The SMILES string of the molecule is CC1C=CC2=C(C1)c1ccc(N(c3ccccc3)c3ccc(-c4ccc5c(c4)c4ccccc4n5-c4ccccc4)cc3)cc1C2(c1ccccc1)c1ccccc1. The molecule has 2 nitrogen and oxygen atoms in total. The highest BCUT2D eigenvalue weighted by molar-refractivity contribution is 6.10. The summed E-state index contributed by atoms with van der Waals surface area (Å²) in [5.74, 6) is 0.483. The van der Waals surface area contributed by atoms with Crippen LogP contribution in [0.2, 0.25) is 0 Å². The average Bonchev–Trinajstić information content (AvgIpc) is 3.77. The van der Waals surface area contributed by atoms with E-state index in [0.717, 1.165) is 23.5 Å². The second kappa shape index (κ2) is 13.8. The fraction of sp³-hybridized carbons (Fsp3) is 0.0714. The van der Waals surface area contributed by atoms with Gasteiger partial charge in [0, 0.05) is 33.5 Å². The number of benzene rings is 8. The van der Waals surface area contributed by atoms with Gasteiger partial charge in [-0.05, 0) is 124 Å². The molecule has 0 amide bonds. The first kappa shape index (κ1) is 34.1. The predicted octanol–water partition coefficient (Wildman–Crippen LogP) is 14.6. The third kappa shape index (κ3) is 5.33. The third-order valence-electron chi connectivity index (χ3n) is 12.4. The maximum atomic E-state index is 2.48. The molecule has 0 saturated carbocycles. The molecule has 0 saturated heterocycles. The van der Waals surface area contributed by atoms with Crippen molar-refractivity contribution in [3.63, 3.8) is 0 Å². The molecule has 1 unspecified atom stereocenters. The minimum absolute atomic E-state index is 0.436. The minimum Gasteiger partial charge on any atom is -0.310 e. The molecule has 2 aliphatic carbocycles. The van der Waals surface area contributed by atoms with Crippen molar-refractivity contribution in [2.75, 3.05) is 4.90 Å². The van der Waals surface area contributed by atoms with E-state index in [4.69, 9.17) is 0 Å². The molecule has 2 aliphatic rings. The zero-order valence-corrected chi connectivity index (χ0v) is 32.5. The molecule has 0 bridgehead atoms. The van der Waals surface area contributed by atoms with E-state index in [2.05, 4.69) is 235 Å². The standard InChI is InChI=1S/C56H42N2/c1-39-26-34-52-50(36-39)48-33-32-47(38-53(48)56(52,42-16-6-2-7-17-42)43-18-8-3-9-19-43)57(44-20-10-4-11-21-44)46-30-27-40(28-31-46)41-29-35-55-51(37-41)49-24-14-15-25-54(49)58(55)45-22-12-5-13-23-45/h2-35,37-39H,36H2,1H3. The number of fused-ring (bicyclic) bond motifs is 5. The van der Waals surface area contributed by atoms with Crippen LogP contribution in [0, 0.1) is 5.92 Å². The zero-order valence-electron chi connectivity index (χ0n) is 32.5. The number of anilines is 3. The van der Waals surface area contributed by atoms with E-state index in [1.54, 1.807) is 0 Å². The van der Waals surface area contributed by atoms with Crippen molar-refractivity contribution in [2.45, 2.75) is 18.8 Å². The zero-order chi connectivity index (χ0) is 38.6. The van der Waals surface area contributed by atoms with Gasteiger partial charge in [0.25, 0.3) is 0 Å². The highest BCUT2D eigenvalue weighted by atomic mass is 15.1. The monoisotopic (exact) mass is 742 g/mol. The summed E-state index contributed by atoms with van der Waals surface area (Å²) < 4.78 is 2.37. The molecular weight excluding hydrogens is 701 g/mol. The van der Waals surface area contributed by atoms with Gasteiger partial charge in [0.1, 0.15) is 0 Å². The van der Waals surface area contributed by atoms with Crippen LogP contribution in [0.4, 0.5) is 17.1 Å². The molecule has 58 heavy (non-hydrogen) atoms. The van der Waals surface area contributed by atoms with Gasteiger partial charge in [-0.3, -0.25) is 0 Å². The molecule has 1 heterocycles. The Morgan fingerprint density at radius 1 is 0.500 bits per heavy atom. The lowest BCUT2D eigenvalue weighted by Crippen LogP contribution is -2.30. The van der Waals surface area contributed by atoms with E-state index in [0.29, 0.717) is 5.92 Å². The summed E-state index contributed by atoms with van der Waals surface area (Å²) in [7, 11) is 0. The van der Waals surface area contributed by atoms with Crippen molar-refractivity contribution in [2.24, 2.45) is 5.92 Å². The van der Waals surface area contributed by atoms with Crippen LogP contribution in [0.1, 0.15) is 35.6 Å². The van der Waals surface area contributed by atoms with Gasteiger partial charge >= 0.3 is 0 Å². The van der Waals surface area contributed by atoms with Crippen LogP contribution in [0.15, 0.2) is 224 Å². The van der Waals surface area contributed by atoms with Crippen molar-refractivity contribution in [1.29, 1.82) is 0 Å². The van der Waals surface area contributed by atoms with Crippen LogP contribution in [0.5, 0.6) is 0 Å². The summed E-state index contributed by atoms with van der Waals surface area (Å²) in [4.78, 5) is 2.41. The van der Waals surface area contributed by atoms with Gasteiger partial charge in [0.2, 0.25) is 0 Å². The van der Waals surface area contributed by atoms with Gasteiger partial charge in [-0.25, -0.2) is 0 Å². The minimum atomic E-state index is -0.436. The Balaban J connectivity index is 1.05. The Morgan fingerprint density at radius 2 is 1.07 bits per heavy atom. The summed E-state index contributed by atoms with van der Waals surface area (Å²) in [5, 5.41) is 2.51. The lowest BCUT2D eigenvalue weighted by Gasteiger charge is -2.36. The normalized spacial score (nSPS) is 15.4. The van der Waals surface area contributed by atoms with Gasteiger partial charge in [-0.1, -0.05) is 159 Å². The quantitative estimate of drug-likeness (QED) is 0.158. The van der Waals surface area contributed by atoms with Gasteiger partial charge in [0.05, 0.1) is 16.4 Å². The summed E-state index contributed by atoms with van der Waals surface area (Å²) in [5.41, 5.74) is 17.1. The first-order valence-electron chi connectivity index (χ1n) is 20.4. The Labute approximate surface area is 340 Å². The van der Waals surface area contributed by atoms with Crippen LogP contribution in [-0.4, -0.2) is 4.57 Å². The lowest BCUT2D eigenvalue weighted by molar-refractivity contribution is 0.718. The van der Waals surface area contributed by atoms with Crippen molar-refractivity contribution >= 4 is 44.4 Å². The predicted molar refractivity (Wildman–Crippen MR) is 244 cm³/mol. The number of allylic oxidation sites excluding steroid dienone is 4. The molecule has 1 atom stereocenters. The molecule has 2 heteroatoms. The molecule has 0 aliphatic heterocycles. The molecule has 0 N–H and O–H groups in total. The molecule has 0 radical (unpaired) electrons. The molecule has 0 spiro atoms. The topological polar surface area (TPSA) is 8.17 Å². The smallest absolute Gasteiger partial charge is 0.0710 e. The molecule has 8 aromatic carbocycles. The first-order chi connectivity index (χ1) is 28.7. The van der Waals surface area contributed by atoms with Crippen molar-refractivity contribution < 1.29 is 0 Å². The maximum absolute atomic E-state index is 2.48. The Kier molecular flexibility index (Phi) is 8.11. The molecule has 9 aromatic rings. The molecular formula is C56H42N2. The molecule has 0 fully saturated rings. The van der Waals surface area contributed by atoms with Crippen LogP contribution in [0.3, 0.4) is 0 Å². The highest BCUT2D eigenvalue weighted by Gasteiger charge is 2.48. The fourth-order valence-electron chi connectivity index (χ4n) is 9.86. The van der Waals surface area contributed by atoms with E-state index < -0.39 is 5.41 Å². The highest BCUT2D eigenvalue weighted by Crippen LogP contribution is 2.58. The van der Waals surface area contributed by atoms with E-state index in [1.807, 2.05) is 0 Å². The van der Waals surface area contributed by atoms with Crippen molar-refractivity contribution in [3.8, 4) is 16.8 Å². The van der Waals surface area contributed by atoms with E-state index in [9.17, 15) is 0 Å². The number of hydrogen-bond acceptors (Lipinski definition) is 1. The van der Waals surface area contributed by atoms with Crippen LogP contribution in [-0.2, 0) is 5.41 Å². The second-order valence-electron chi connectivity index (χ2n) is 15.8. The number of nitrogens with zero attached hydrogens (tertiary/aromatic N) is 2. The van der Waals surface area contributed by atoms with E-state index >= 15 is 0 Å². The third-order valence-corrected chi connectivity index (χ3v) is 12.4. The largest absolute Gasteiger partial charge is 0.310 e. The summed E-state index contributed by atoms with van der Waals surface area (Å²) in [6.07, 6.45) is 5.86. The average molecular weight is 743 g/mol. The van der Waals surface area contributed by atoms with E-state index in [1.165, 1.54) is 72.0 Å². The van der Waals surface area contributed by atoms with Crippen molar-refractivity contribution in [1.82, 2.24) is 4.57 Å². The summed E-state index contributed by atoms with van der Waals surface area (Å²) >= 11 is 0. The van der Waals surface area contributed by atoms with Gasteiger partial charge in [0.15, 0.2) is 0 Å². The number of rotatable bonds is 7. The number of hydrogen-bond donors (Lipinski definition) is 0. The molecule has 11 rings (SSSR count). The van der Waals surface area contributed by atoms with Gasteiger partial charge in [-0.15, -0.1) is 0 Å². The summed E-state index contributed by atoms with van der Waals surface area (Å²) in [6.45, 7) is 2.33. The van der Waals surface area contributed by atoms with Crippen molar-refractivity contribution in [3.05, 3.63) is 246 Å². The maximum Gasteiger partial charge on any atom is 0.0710 e. The molecule has 276 valence electrons. The van der Waals surface area contributed by atoms with Crippen LogP contribution < -0.4 is 4.90 Å². The van der Waals surface area contributed by atoms with Crippen LogP contribution in [0.25, 0.3) is 44.2 Å². The number of para-hydroxylation sites is 3.